The largest absolute Gasteiger partial charge is 0.496 e. The molecule has 2 aromatic carbocycles. The molecule has 2 rings (SSSR count). The number of carbonyl (C=O) groups excluding carboxylic acids is 1. The van der Waals surface area contributed by atoms with Gasteiger partial charge in [0.25, 0.3) is 5.91 Å². The zero-order valence-electron chi connectivity index (χ0n) is 15.1. The third-order valence-corrected chi connectivity index (χ3v) is 5.13. The van der Waals surface area contributed by atoms with E-state index in [0.29, 0.717) is 33.8 Å². The number of methoxy groups -OCH3 is 2. The second kappa shape index (κ2) is 11.2. The van der Waals surface area contributed by atoms with Crippen LogP contribution in [-0.2, 0) is 10.5 Å². The van der Waals surface area contributed by atoms with Crippen LogP contribution in [-0.4, -0.2) is 39.0 Å². The van der Waals surface area contributed by atoms with Crippen molar-refractivity contribution in [2.75, 3.05) is 33.1 Å². The van der Waals surface area contributed by atoms with Crippen molar-refractivity contribution in [2.45, 2.75) is 5.75 Å². The fourth-order valence-corrected chi connectivity index (χ4v) is 3.56. The predicted molar refractivity (Wildman–Crippen MR) is 111 cm³/mol. The van der Waals surface area contributed by atoms with Crippen LogP contribution in [0, 0.1) is 0 Å². The van der Waals surface area contributed by atoms with Gasteiger partial charge >= 0.3 is 0 Å². The Kier molecular flexibility index (Phi) is 8.91. The number of hydrogen-bond donors (Lipinski definition) is 1. The molecule has 0 radical (unpaired) electrons. The highest BCUT2D eigenvalue weighted by molar-refractivity contribution is 7.98. The van der Waals surface area contributed by atoms with Gasteiger partial charge in [0.05, 0.1) is 14.2 Å². The number of nitrogens with one attached hydrogen (secondary N) is 1. The van der Waals surface area contributed by atoms with Crippen molar-refractivity contribution in [1.82, 2.24) is 5.32 Å². The monoisotopic (exact) mass is 429 g/mol. The molecule has 0 fully saturated rings. The zero-order chi connectivity index (χ0) is 19.6. The molecule has 146 valence electrons. The summed E-state index contributed by atoms with van der Waals surface area (Å²) >= 11 is 13.7. The van der Waals surface area contributed by atoms with Crippen LogP contribution >= 0.6 is 35.0 Å². The topological polar surface area (TPSA) is 56.8 Å². The normalized spacial score (nSPS) is 10.4. The molecule has 0 aromatic heterocycles. The lowest BCUT2D eigenvalue weighted by molar-refractivity contribution is -0.122. The van der Waals surface area contributed by atoms with Crippen LogP contribution in [0.1, 0.15) is 5.56 Å². The summed E-state index contributed by atoms with van der Waals surface area (Å²) in [5.41, 5.74) is 1.02. The molecule has 0 heterocycles. The second-order valence-corrected chi connectivity index (χ2v) is 7.42. The highest BCUT2D eigenvalue weighted by Crippen LogP contribution is 2.27. The average molecular weight is 430 g/mol. The van der Waals surface area contributed by atoms with E-state index in [4.69, 9.17) is 37.4 Å². The standard InChI is InChI=1S/C19H21Cl2NO4S/c1-24-15-8-16(25-2)10-17(9-15)26-11-19(23)22-5-6-27-12-13-3-4-14(20)7-18(13)21/h3-4,7-10H,5-6,11-12H2,1-2H3,(H,22,23). The molecule has 0 bridgehead atoms. The fourth-order valence-electron chi connectivity index (χ4n) is 2.15. The maximum Gasteiger partial charge on any atom is 0.257 e. The van der Waals surface area contributed by atoms with Gasteiger partial charge in [0.15, 0.2) is 6.61 Å². The minimum atomic E-state index is -0.193. The Balaban J connectivity index is 1.68. The molecule has 0 atom stereocenters. The molecule has 0 saturated heterocycles. The molecule has 2 aromatic rings. The van der Waals surface area contributed by atoms with Crippen molar-refractivity contribution < 1.29 is 19.0 Å². The van der Waals surface area contributed by atoms with E-state index in [9.17, 15) is 4.79 Å². The van der Waals surface area contributed by atoms with Crippen molar-refractivity contribution in [1.29, 1.82) is 0 Å². The van der Waals surface area contributed by atoms with Crippen LogP contribution in [0.15, 0.2) is 36.4 Å². The summed E-state index contributed by atoms with van der Waals surface area (Å²) in [7, 11) is 3.11. The number of rotatable bonds is 10. The number of ether oxygens (including phenoxy) is 3. The number of carbonyl (C=O) groups is 1. The Bertz CT molecular complexity index is 751. The smallest absolute Gasteiger partial charge is 0.257 e. The number of benzene rings is 2. The molecule has 0 spiro atoms. The first-order valence-electron chi connectivity index (χ1n) is 8.16. The summed E-state index contributed by atoms with van der Waals surface area (Å²) in [6.45, 7) is 0.462. The maximum absolute atomic E-state index is 11.9. The molecule has 0 unspecified atom stereocenters. The van der Waals surface area contributed by atoms with Gasteiger partial charge in [-0.2, -0.15) is 11.8 Å². The van der Waals surface area contributed by atoms with Gasteiger partial charge in [-0.25, -0.2) is 0 Å². The van der Waals surface area contributed by atoms with E-state index in [-0.39, 0.29) is 12.5 Å². The van der Waals surface area contributed by atoms with Crippen LogP contribution in [0.4, 0.5) is 0 Å². The first kappa shape index (κ1) is 21.5. The quantitative estimate of drug-likeness (QED) is 0.565. The van der Waals surface area contributed by atoms with Gasteiger partial charge in [0, 0.05) is 46.3 Å². The van der Waals surface area contributed by atoms with Crippen molar-refractivity contribution in [2.24, 2.45) is 0 Å². The molecule has 8 heteroatoms. The van der Waals surface area contributed by atoms with Crippen LogP contribution in [0.5, 0.6) is 17.2 Å². The lowest BCUT2D eigenvalue weighted by Crippen LogP contribution is -2.30. The molecule has 5 nitrogen and oxygen atoms in total. The molecule has 27 heavy (non-hydrogen) atoms. The predicted octanol–water partition coefficient (Wildman–Crippen LogP) is 4.44. The number of halogens is 2. The second-order valence-electron chi connectivity index (χ2n) is 5.48. The molecule has 0 aliphatic heterocycles. The van der Waals surface area contributed by atoms with Crippen molar-refractivity contribution in [3.8, 4) is 17.2 Å². The third kappa shape index (κ3) is 7.40. The van der Waals surface area contributed by atoms with Crippen molar-refractivity contribution >= 4 is 40.9 Å². The first-order chi connectivity index (χ1) is 13.0. The summed E-state index contributed by atoms with van der Waals surface area (Å²) in [5.74, 6) is 3.03. The third-order valence-electron chi connectivity index (χ3n) is 3.54. The molecular formula is C19H21Cl2NO4S. The van der Waals surface area contributed by atoms with Crippen molar-refractivity contribution in [3.63, 3.8) is 0 Å². The Hall–Kier alpha value is -1.76. The minimum absolute atomic E-state index is 0.0794. The van der Waals surface area contributed by atoms with Crippen LogP contribution < -0.4 is 19.5 Å². The summed E-state index contributed by atoms with van der Waals surface area (Å²) in [5, 5.41) is 4.09. The zero-order valence-corrected chi connectivity index (χ0v) is 17.4. The van der Waals surface area contributed by atoms with Gasteiger partial charge < -0.3 is 19.5 Å². The summed E-state index contributed by atoms with van der Waals surface area (Å²) < 4.78 is 15.8. The van der Waals surface area contributed by atoms with E-state index < -0.39 is 0 Å². The molecular weight excluding hydrogens is 409 g/mol. The van der Waals surface area contributed by atoms with E-state index >= 15 is 0 Å². The van der Waals surface area contributed by atoms with E-state index in [0.717, 1.165) is 17.1 Å². The van der Waals surface area contributed by atoms with Crippen LogP contribution in [0.25, 0.3) is 0 Å². The first-order valence-corrected chi connectivity index (χ1v) is 10.1. The van der Waals surface area contributed by atoms with E-state index in [1.54, 1.807) is 50.2 Å². The summed E-state index contributed by atoms with van der Waals surface area (Å²) in [6, 6.07) is 10.6. The Morgan fingerprint density at radius 1 is 1.04 bits per heavy atom. The number of amides is 1. The van der Waals surface area contributed by atoms with Gasteiger partial charge in [-0.15, -0.1) is 0 Å². The summed E-state index contributed by atoms with van der Waals surface area (Å²) in [6.07, 6.45) is 0. The average Bonchev–Trinajstić information content (AvgIpc) is 2.67. The Morgan fingerprint density at radius 2 is 1.70 bits per heavy atom. The van der Waals surface area contributed by atoms with Crippen LogP contribution in [0.3, 0.4) is 0 Å². The van der Waals surface area contributed by atoms with E-state index in [2.05, 4.69) is 5.32 Å². The fraction of sp³-hybridized carbons (Fsp3) is 0.316. The highest BCUT2D eigenvalue weighted by atomic mass is 35.5. The van der Waals surface area contributed by atoms with Crippen LogP contribution in [0.2, 0.25) is 10.0 Å². The molecule has 1 amide bonds. The number of hydrogen-bond acceptors (Lipinski definition) is 5. The van der Waals surface area contributed by atoms with Gasteiger partial charge in [-0.1, -0.05) is 29.3 Å². The van der Waals surface area contributed by atoms with E-state index in [1.807, 2.05) is 12.1 Å². The van der Waals surface area contributed by atoms with E-state index in [1.165, 1.54) is 0 Å². The maximum atomic E-state index is 11.9. The molecule has 1 N–H and O–H groups in total. The lowest BCUT2D eigenvalue weighted by Gasteiger charge is -2.10. The van der Waals surface area contributed by atoms with Crippen molar-refractivity contribution in [3.05, 3.63) is 52.0 Å². The highest BCUT2D eigenvalue weighted by Gasteiger charge is 2.07. The molecule has 0 aliphatic carbocycles. The number of thioether (sulfide) groups is 1. The minimum Gasteiger partial charge on any atom is -0.496 e. The van der Waals surface area contributed by atoms with Gasteiger partial charge in [0.2, 0.25) is 0 Å². The van der Waals surface area contributed by atoms with Gasteiger partial charge in [0.1, 0.15) is 17.2 Å². The van der Waals surface area contributed by atoms with Gasteiger partial charge in [-0.3, -0.25) is 4.79 Å². The molecule has 0 aliphatic rings. The molecule has 0 saturated carbocycles. The lowest BCUT2D eigenvalue weighted by atomic mass is 10.2. The summed E-state index contributed by atoms with van der Waals surface area (Å²) in [4.78, 5) is 11.9. The van der Waals surface area contributed by atoms with Gasteiger partial charge in [-0.05, 0) is 17.7 Å². The SMILES string of the molecule is COc1cc(OC)cc(OCC(=O)NCCSCc2ccc(Cl)cc2Cl)c1. The Morgan fingerprint density at radius 3 is 2.33 bits per heavy atom. The Labute approximate surface area is 173 Å².